The van der Waals surface area contributed by atoms with Gasteiger partial charge in [0.1, 0.15) is 5.69 Å². The molecule has 0 saturated heterocycles. The van der Waals surface area contributed by atoms with Gasteiger partial charge in [-0.1, -0.05) is 0 Å². The Morgan fingerprint density at radius 1 is 1.24 bits per heavy atom. The smallest absolute Gasteiger partial charge is 0.337 e. The number of hydrogen-bond donors (Lipinski definition) is 3. The van der Waals surface area contributed by atoms with Gasteiger partial charge in [0, 0.05) is 18.5 Å². The summed E-state index contributed by atoms with van der Waals surface area (Å²) in [5, 5.41) is 15.6. The first-order valence-electron chi connectivity index (χ1n) is 5.68. The SMILES string of the molecule is CC(=O)Nc1nc(C(=O)Nc2cncc(C(=O)O)c2)cs1. The number of amides is 2. The number of thiazole rings is 1. The quantitative estimate of drug-likeness (QED) is 0.786. The Labute approximate surface area is 122 Å². The number of pyridine rings is 1. The van der Waals surface area contributed by atoms with Crippen molar-refractivity contribution in [2.75, 3.05) is 10.6 Å². The number of aromatic nitrogens is 2. The second kappa shape index (κ2) is 6.09. The minimum Gasteiger partial charge on any atom is -0.478 e. The molecule has 0 aromatic carbocycles. The number of carboxylic acids is 1. The molecule has 0 atom stereocenters. The van der Waals surface area contributed by atoms with Gasteiger partial charge in [-0.05, 0) is 6.07 Å². The molecule has 2 aromatic rings. The van der Waals surface area contributed by atoms with E-state index in [1.165, 1.54) is 30.8 Å². The van der Waals surface area contributed by atoms with Crippen molar-refractivity contribution in [3.05, 3.63) is 35.1 Å². The average Bonchev–Trinajstić information content (AvgIpc) is 2.86. The Morgan fingerprint density at radius 3 is 2.67 bits per heavy atom. The van der Waals surface area contributed by atoms with Crippen LogP contribution in [-0.2, 0) is 4.79 Å². The first kappa shape index (κ1) is 14.6. The van der Waals surface area contributed by atoms with Crippen LogP contribution in [0.4, 0.5) is 10.8 Å². The molecule has 2 amide bonds. The summed E-state index contributed by atoms with van der Waals surface area (Å²) in [6.07, 6.45) is 2.50. The highest BCUT2D eigenvalue weighted by molar-refractivity contribution is 7.14. The Balaban J connectivity index is 2.10. The number of nitrogens with zero attached hydrogens (tertiary/aromatic N) is 2. The number of carbonyl (C=O) groups is 3. The number of carbonyl (C=O) groups excluding carboxylic acids is 2. The molecule has 108 valence electrons. The van der Waals surface area contributed by atoms with Crippen molar-refractivity contribution in [3.63, 3.8) is 0 Å². The normalized spacial score (nSPS) is 9.95. The van der Waals surface area contributed by atoms with Gasteiger partial charge in [0.15, 0.2) is 5.13 Å². The molecule has 9 heteroatoms. The van der Waals surface area contributed by atoms with Gasteiger partial charge in [-0.3, -0.25) is 14.6 Å². The van der Waals surface area contributed by atoms with E-state index in [9.17, 15) is 14.4 Å². The van der Waals surface area contributed by atoms with Crippen LogP contribution in [0, 0.1) is 0 Å². The van der Waals surface area contributed by atoms with E-state index in [2.05, 4.69) is 20.6 Å². The lowest BCUT2D eigenvalue weighted by molar-refractivity contribution is -0.114. The predicted molar refractivity (Wildman–Crippen MR) is 75.6 cm³/mol. The Bertz CT molecular complexity index is 713. The van der Waals surface area contributed by atoms with Crippen molar-refractivity contribution < 1.29 is 19.5 Å². The molecule has 8 nitrogen and oxygen atoms in total. The summed E-state index contributed by atoms with van der Waals surface area (Å²) in [4.78, 5) is 41.3. The maximum atomic E-state index is 11.9. The standard InChI is InChI=1S/C12H10N4O4S/c1-6(17)14-12-16-9(5-21-12)10(18)15-8-2-7(11(19)20)3-13-4-8/h2-5H,1H3,(H,15,18)(H,19,20)(H,14,16,17). The van der Waals surface area contributed by atoms with E-state index >= 15 is 0 Å². The summed E-state index contributed by atoms with van der Waals surface area (Å²) in [6.45, 7) is 1.34. The van der Waals surface area contributed by atoms with Gasteiger partial charge < -0.3 is 15.7 Å². The van der Waals surface area contributed by atoms with Gasteiger partial charge in [0.25, 0.3) is 5.91 Å². The number of carboxylic acid groups (broad SMARTS) is 1. The monoisotopic (exact) mass is 306 g/mol. The summed E-state index contributed by atoms with van der Waals surface area (Å²) in [5.74, 6) is -1.94. The van der Waals surface area contributed by atoms with Gasteiger partial charge in [-0.15, -0.1) is 11.3 Å². The molecule has 0 bridgehead atoms. The van der Waals surface area contributed by atoms with Crippen LogP contribution in [0.3, 0.4) is 0 Å². The van der Waals surface area contributed by atoms with E-state index in [1.807, 2.05) is 0 Å². The van der Waals surface area contributed by atoms with E-state index in [1.54, 1.807) is 0 Å². The lowest BCUT2D eigenvalue weighted by Gasteiger charge is -2.03. The van der Waals surface area contributed by atoms with Crippen molar-refractivity contribution >= 4 is 39.9 Å². The Hall–Kier alpha value is -2.81. The van der Waals surface area contributed by atoms with Gasteiger partial charge in [0.05, 0.1) is 17.4 Å². The van der Waals surface area contributed by atoms with Crippen LogP contribution >= 0.6 is 11.3 Å². The van der Waals surface area contributed by atoms with Crippen molar-refractivity contribution in [2.45, 2.75) is 6.92 Å². The minimum absolute atomic E-state index is 0.0370. The first-order valence-corrected chi connectivity index (χ1v) is 6.56. The summed E-state index contributed by atoms with van der Waals surface area (Å²) in [6, 6.07) is 1.29. The van der Waals surface area contributed by atoms with Crippen molar-refractivity contribution in [2.24, 2.45) is 0 Å². The molecule has 0 aliphatic carbocycles. The minimum atomic E-state index is -1.14. The van der Waals surface area contributed by atoms with Crippen LogP contribution in [0.15, 0.2) is 23.8 Å². The zero-order chi connectivity index (χ0) is 15.4. The molecular formula is C12H10N4O4S. The molecule has 0 aliphatic rings. The highest BCUT2D eigenvalue weighted by Gasteiger charge is 2.13. The van der Waals surface area contributed by atoms with Crippen molar-refractivity contribution in [3.8, 4) is 0 Å². The molecule has 0 radical (unpaired) electrons. The second-order valence-electron chi connectivity index (χ2n) is 3.94. The third kappa shape index (κ3) is 3.83. The fraction of sp³-hybridized carbons (Fsp3) is 0.0833. The topological polar surface area (TPSA) is 121 Å². The molecule has 0 aliphatic heterocycles. The van der Waals surface area contributed by atoms with Gasteiger partial charge in [-0.2, -0.15) is 0 Å². The molecule has 2 rings (SSSR count). The summed E-state index contributed by atoms with van der Waals surface area (Å²) >= 11 is 1.11. The lowest BCUT2D eigenvalue weighted by atomic mass is 10.2. The Morgan fingerprint density at radius 2 is 2.00 bits per heavy atom. The van der Waals surface area contributed by atoms with Gasteiger partial charge in [0.2, 0.25) is 5.91 Å². The molecule has 0 fully saturated rings. The molecule has 3 N–H and O–H groups in total. The molecular weight excluding hydrogens is 296 g/mol. The van der Waals surface area contributed by atoms with E-state index in [0.29, 0.717) is 5.13 Å². The summed E-state index contributed by atoms with van der Waals surface area (Å²) < 4.78 is 0. The largest absolute Gasteiger partial charge is 0.478 e. The number of rotatable bonds is 4. The van der Waals surface area contributed by atoms with E-state index < -0.39 is 11.9 Å². The predicted octanol–water partition coefficient (Wildman–Crippen LogP) is 1.45. The maximum Gasteiger partial charge on any atom is 0.337 e. The van der Waals surface area contributed by atoms with Crippen molar-refractivity contribution in [1.29, 1.82) is 0 Å². The number of aromatic carboxylic acids is 1. The lowest BCUT2D eigenvalue weighted by Crippen LogP contribution is -2.13. The zero-order valence-electron chi connectivity index (χ0n) is 10.8. The van der Waals surface area contributed by atoms with E-state index in [-0.39, 0.29) is 22.9 Å². The van der Waals surface area contributed by atoms with Crippen LogP contribution < -0.4 is 10.6 Å². The van der Waals surface area contributed by atoms with Crippen LogP contribution in [0.2, 0.25) is 0 Å². The zero-order valence-corrected chi connectivity index (χ0v) is 11.6. The fourth-order valence-corrected chi connectivity index (χ4v) is 2.14. The average molecular weight is 306 g/mol. The molecule has 21 heavy (non-hydrogen) atoms. The number of anilines is 2. The van der Waals surface area contributed by atoms with Crippen molar-refractivity contribution in [1.82, 2.24) is 9.97 Å². The number of nitrogens with one attached hydrogen (secondary N) is 2. The molecule has 0 unspecified atom stereocenters. The van der Waals surface area contributed by atoms with Crippen LogP contribution in [0.1, 0.15) is 27.8 Å². The van der Waals surface area contributed by atoms with E-state index in [0.717, 1.165) is 11.3 Å². The first-order chi connectivity index (χ1) is 9.95. The fourth-order valence-electron chi connectivity index (χ4n) is 1.41. The maximum absolute atomic E-state index is 11.9. The Kier molecular flexibility index (Phi) is 4.24. The molecule has 0 saturated carbocycles. The molecule has 2 aromatic heterocycles. The highest BCUT2D eigenvalue weighted by Crippen LogP contribution is 2.17. The summed E-state index contributed by atoms with van der Waals surface area (Å²) in [5.41, 5.74) is 0.323. The van der Waals surface area contributed by atoms with E-state index in [4.69, 9.17) is 5.11 Å². The van der Waals surface area contributed by atoms with Gasteiger partial charge in [-0.25, -0.2) is 9.78 Å². The third-order valence-electron chi connectivity index (χ3n) is 2.26. The molecule has 0 spiro atoms. The number of hydrogen-bond acceptors (Lipinski definition) is 6. The van der Waals surface area contributed by atoms with Crippen LogP contribution in [0.25, 0.3) is 0 Å². The molecule has 2 heterocycles. The van der Waals surface area contributed by atoms with Crippen LogP contribution in [0.5, 0.6) is 0 Å². The highest BCUT2D eigenvalue weighted by atomic mass is 32.1. The van der Waals surface area contributed by atoms with Crippen LogP contribution in [-0.4, -0.2) is 32.9 Å². The van der Waals surface area contributed by atoms with Gasteiger partial charge >= 0.3 is 5.97 Å². The summed E-state index contributed by atoms with van der Waals surface area (Å²) in [7, 11) is 0. The third-order valence-corrected chi connectivity index (χ3v) is 3.02. The second-order valence-corrected chi connectivity index (χ2v) is 4.80.